The van der Waals surface area contributed by atoms with Crippen molar-refractivity contribution in [2.75, 3.05) is 20.2 Å². The third-order valence-corrected chi connectivity index (χ3v) is 3.40. The molecule has 98 valence electrons. The molecule has 1 aromatic rings. The highest BCUT2D eigenvalue weighted by molar-refractivity contribution is 5.76. The molecule has 0 saturated carbocycles. The van der Waals surface area contributed by atoms with E-state index in [2.05, 4.69) is 9.88 Å². The van der Waals surface area contributed by atoms with Crippen LogP contribution in [0.5, 0.6) is 5.88 Å². The Bertz CT molecular complexity index is 414. The molecule has 1 amide bonds. The molecule has 2 rings (SSSR count). The molecule has 0 radical (unpaired) electrons. The fourth-order valence-corrected chi connectivity index (χ4v) is 2.29. The van der Waals surface area contributed by atoms with Crippen molar-refractivity contribution in [2.45, 2.75) is 19.4 Å². The maximum absolute atomic E-state index is 11.1. The normalized spacial score (nSPS) is 17.6. The number of nitrogens with two attached hydrogens (primary N) is 1. The lowest BCUT2D eigenvalue weighted by Gasteiger charge is -2.30. The number of hydrogen-bond donors (Lipinski definition) is 1. The molecule has 0 atom stereocenters. The molecule has 0 aliphatic carbocycles. The van der Waals surface area contributed by atoms with E-state index in [1.807, 2.05) is 12.1 Å². The lowest BCUT2D eigenvalue weighted by atomic mass is 9.96. The van der Waals surface area contributed by atoms with Crippen LogP contribution in [0.2, 0.25) is 0 Å². The van der Waals surface area contributed by atoms with Crippen molar-refractivity contribution in [1.29, 1.82) is 0 Å². The second-order valence-corrected chi connectivity index (χ2v) is 4.66. The van der Waals surface area contributed by atoms with Crippen molar-refractivity contribution in [3.05, 3.63) is 23.9 Å². The summed E-state index contributed by atoms with van der Waals surface area (Å²) in [4.78, 5) is 17.5. The number of likely N-dealkylation sites (tertiary alicyclic amines) is 1. The standard InChI is InChI=1S/C13H19N3O2/c1-18-12-8-10(2-5-15-12)9-16-6-3-11(4-7-16)13(14)17/h2,5,8,11H,3-4,6-7,9H2,1H3,(H2,14,17). The summed E-state index contributed by atoms with van der Waals surface area (Å²) in [5.41, 5.74) is 6.50. The predicted molar refractivity (Wildman–Crippen MR) is 68.0 cm³/mol. The third-order valence-electron chi connectivity index (χ3n) is 3.40. The third kappa shape index (κ3) is 3.20. The van der Waals surface area contributed by atoms with Gasteiger partial charge < -0.3 is 10.5 Å². The second kappa shape index (κ2) is 5.82. The number of rotatable bonds is 4. The van der Waals surface area contributed by atoms with E-state index in [4.69, 9.17) is 10.5 Å². The van der Waals surface area contributed by atoms with Crippen LogP contribution in [-0.2, 0) is 11.3 Å². The first-order chi connectivity index (χ1) is 8.69. The Morgan fingerprint density at radius 3 is 2.89 bits per heavy atom. The summed E-state index contributed by atoms with van der Waals surface area (Å²) in [5.74, 6) is 0.521. The minimum absolute atomic E-state index is 0.0493. The van der Waals surface area contributed by atoms with Gasteiger partial charge in [-0.1, -0.05) is 0 Å². The molecule has 2 N–H and O–H groups in total. The minimum Gasteiger partial charge on any atom is -0.481 e. The van der Waals surface area contributed by atoms with Gasteiger partial charge in [0.1, 0.15) is 0 Å². The number of aromatic nitrogens is 1. The first-order valence-corrected chi connectivity index (χ1v) is 6.19. The molecule has 0 bridgehead atoms. The van der Waals surface area contributed by atoms with Gasteiger partial charge in [-0.2, -0.15) is 0 Å². The summed E-state index contributed by atoms with van der Waals surface area (Å²) >= 11 is 0. The molecule has 1 aromatic heterocycles. The zero-order chi connectivity index (χ0) is 13.0. The topological polar surface area (TPSA) is 68.5 Å². The molecule has 1 saturated heterocycles. The average molecular weight is 249 g/mol. The summed E-state index contributed by atoms with van der Waals surface area (Å²) in [5, 5.41) is 0. The monoisotopic (exact) mass is 249 g/mol. The van der Waals surface area contributed by atoms with Gasteiger partial charge in [-0.15, -0.1) is 0 Å². The van der Waals surface area contributed by atoms with Gasteiger partial charge >= 0.3 is 0 Å². The van der Waals surface area contributed by atoms with Crippen LogP contribution in [0.1, 0.15) is 18.4 Å². The van der Waals surface area contributed by atoms with Gasteiger partial charge in [0.05, 0.1) is 7.11 Å². The van der Waals surface area contributed by atoms with E-state index in [0.29, 0.717) is 5.88 Å². The average Bonchev–Trinajstić information content (AvgIpc) is 2.39. The van der Waals surface area contributed by atoms with Gasteiger partial charge in [-0.25, -0.2) is 4.98 Å². The fraction of sp³-hybridized carbons (Fsp3) is 0.538. The summed E-state index contributed by atoms with van der Waals surface area (Å²) in [6.45, 7) is 2.70. The maximum atomic E-state index is 11.1. The van der Waals surface area contributed by atoms with Crippen LogP contribution < -0.4 is 10.5 Å². The minimum atomic E-state index is -0.166. The molecule has 5 heteroatoms. The number of nitrogens with zero attached hydrogens (tertiary/aromatic N) is 2. The largest absolute Gasteiger partial charge is 0.481 e. The summed E-state index contributed by atoms with van der Waals surface area (Å²) in [6.07, 6.45) is 3.47. The van der Waals surface area contributed by atoms with Crippen LogP contribution in [-0.4, -0.2) is 36.0 Å². The molecule has 0 aromatic carbocycles. The SMILES string of the molecule is COc1cc(CN2CCC(C(N)=O)CC2)ccn1. The van der Waals surface area contributed by atoms with E-state index in [-0.39, 0.29) is 11.8 Å². The molecule has 2 heterocycles. The highest BCUT2D eigenvalue weighted by atomic mass is 16.5. The van der Waals surface area contributed by atoms with Gasteiger partial charge in [-0.3, -0.25) is 9.69 Å². The lowest BCUT2D eigenvalue weighted by molar-refractivity contribution is -0.123. The van der Waals surface area contributed by atoms with Crippen molar-refractivity contribution in [2.24, 2.45) is 11.7 Å². The Morgan fingerprint density at radius 1 is 1.56 bits per heavy atom. The van der Waals surface area contributed by atoms with E-state index < -0.39 is 0 Å². The van der Waals surface area contributed by atoms with Crippen LogP contribution in [0.4, 0.5) is 0 Å². The number of primary amides is 1. The van der Waals surface area contributed by atoms with Gasteiger partial charge in [0.15, 0.2) is 0 Å². The summed E-state index contributed by atoms with van der Waals surface area (Å²) in [7, 11) is 1.62. The Hall–Kier alpha value is -1.62. The van der Waals surface area contributed by atoms with Crippen LogP contribution >= 0.6 is 0 Å². The lowest BCUT2D eigenvalue weighted by Crippen LogP contribution is -2.38. The number of ether oxygens (including phenoxy) is 1. The first kappa shape index (κ1) is 12.8. The van der Waals surface area contributed by atoms with E-state index in [1.165, 1.54) is 5.56 Å². The number of methoxy groups -OCH3 is 1. The number of amides is 1. The zero-order valence-corrected chi connectivity index (χ0v) is 10.6. The molecule has 0 unspecified atom stereocenters. The number of piperidine rings is 1. The summed E-state index contributed by atoms with van der Waals surface area (Å²) < 4.78 is 5.10. The predicted octanol–water partition coefficient (Wildman–Crippen LogP) is 0.787. The Morgan fingerprint density at radius 2 is 2.28 bits per heavy atom. The van der Waals surface area contributed by atoms with Crippen molar-refractivity contribution in [1.82, 2.24) is 9.88 Å². The van der Waals surface area contributed by atoms with Gasteiger partial charge in [0, 0.05) is 24.7 Å². The molecule has 1 fully saturated rings. The van der Waals surface area contributed by atoms with Crippen molar-refractivity contribution >= 4 is 5.91 Å². The summed E-state index contributed by atoms with van der Waals surface area (Å²) in [6, 6.07) is 3.93. The molecule has 18 heavy (non-hydrogen) atoms. The highest BCUT2D eigenvalue weighted by Gasteiger charge is 2.22. The zero-order valence-electron chi connectivity index (χ0n) is 10.6. The molecule has 0 spiro atoms. The number of carbonyl (C=O) groups is 1. The van der Waals surface area contributed by atoms with Crippen LogP contribution in [0.25, 0.3) is 0 Å². The quantitative estimate of drug-likeness (QED) is 0.856. The van der Waals surface area contributed by atoms with Crippen LogP contribution in [0.3, 0.4) is 0 Å². The van der Waals surface area contributed by atoms with Crippen LogP contribution in [0.15, 0.2) is 18.3 Å². The second-order valence-electron chi connectivity index (χ2n) is 4.66. The highest BCUT2D eigenvalue weighted by Crippen LogP contribution is 2.19. The Kier molecular flexibility index (Phi) is 4.15. The molecular formula is C13H19N3O2. The van der Waals surface area contributed by atoms with Crippen molar-refractivity contribution in [3.63, 3.8) is 0 Å². The Labute approximate surface area is 107 Å². The number of carbonyl (C=O) groups excluding carboxylic acids is 1. The fourth-order valence-electron chi connectivity index (χ4n) is 2.29. The van der Waals surface area contributed by atoms with E-state index >= 15 is 0 Å². The first-order valence-electron chi connectivity index (χ1n) is 6.19. The molecule has 1 aliphatic heterocycles. The maximum Gasteiger partial charge on any atom is 0.220 e. The van der Waals surface area contributed by atoms with Gasteiger partial charge in [0.25, 0.3) is 0 Å². The molecule has 1 aliphatic rings. The van der Waals surface area contributed by atoms with E-state index in [9.17, 15) is 4.79 Å². The van der Waals surface area contributed by atoms with Gasteiger partial charge in [-0.05, 0) is 37.6 Å². The van der Waals surface area contributed by atoms with E-state index in [1.54, 1.807) is 13.3 Å². The van der Waals surface area contributed by atoms with E-state index in [0.717, 1.165) is 32.5 Å². The van der Waals surface area contributed by atoms with Gasteiger partial charge in [0.2, 0.25) is 11.8 Å². The van der Waals surface area contributed by atoms with Crippen LogP contribution in [0, 0.1) is 5.92 Å². The smallest absolute Gasteiger partial charge is 0.220 e. The number of pyridine rings is 1. The van der Waals surface area contributed by atoms with Crippen molar-refractivity contribution in [3.8, 4) is 5.88 Å². The van der Waals surface area contributed by atoms with Crippen molar-refractivity contribution < 1.29 is 9.53 Å². The molecule has 5 nitrogen and oxygen atoms in total. The molecular weight excluding hydrogens is 230 g/mol. The Balaban J connectivity index is 1.89. The number of hydrogen-bond acceptors (Lipinski definition) is 4.